The summed E-state index contributed by atoms with van der Waals surface area (Å²) in [7, 11) is 0. The lowest BCUT2D eigenvalue weighted by molar-refractivity contribution is 0.108. The smallest absolute Gasteiger partial charge is 0.319 e. The van der Waals surface area contributed by atoms with Crippen LogP contribution >= 0.6 is 0 Å². The minimum atomic E-state index is -0.683. The van der Waals surface area contributed by atoms with Gasteiger partial charge in [-0.25, -0.2) is 18.7 Å². The predicted molar refractivity (Wildman–Crippen MR) is 166 cm³/mol. The number of aryl methyl sites for hydroxylation is 1. The third kappa shape index (κ3) is 4.26. The zero-order valence-electron chi connectivity index (χ0n) is 24.5. The molecule has 3 fully saturated rings. The molecule has 4 aromatic rings. The number of hydrogen-bond donors (Lipinski definition) is 2. The number of terminal acetylenes is 1. The molecule has 1 aromatic carbocycles. The number of nitrogens with two attached hydrogens (primary N) is 1. The number of aromatic nitrogens is 4. The van der Waals surface area contributed by atoms with Crippen molar-refractivity contribution in [3.63, 3.8) is 0 Å². The van der Waals surface area contributed by atoms with E-state index >= 15 is 4.39 Å². The Balaban J connectivity index is 1.35. The summed E-state index contributed by atoms with van der Waals surface area (Å²) in [5, 5.41) is 4.92. The van der Waals surface area contributed by atoms with Gasteiger partial charge in [0, 0.05) is 31.1 Å². The highest BCUT2D eigenvalue weighted by molar-refractivity contribution is 6.02. The summed E-state index contributed by atoms with van der Waals surface area (Å²) >= 11 is 0. The molecule has 0 aliphatic carbocycles. The number of ether oxygens (including phenoxy) is 1. The maximum Gasteiger partial charge on any atom is 0.319 e. The van der Waals surface area contributed by atoms with E-state index in [1.54, 1.807) is 12.1 Å². The van der Waals surface area contributed by atoms with Gasteiger partial charge in [-0.15, -0.1) is 6.42 Å². The molecule has 0 amide bonds. The predicted octanol–water partition coefficient (Wildman–Crippen LogP) is 4.20. The zero-order chi connectivity index (χ0) is 30.0. The number of benzene rings is 1. The number of rotatable bonds is 4. The molecule has 0 radical (unpaired) electrons. The third-order valence-corrected chi connectivity index (χ3v) is 10.0. The SMILES string of the molecule is C#Cc1c(F)ccc2cc(N)nc(-c3nc4c5c(nc(OCC67CCCN6CCC7)nc5c3F)N3CCNCC3CCC4)c12. The van der Waals surface area contributed by atoms with Crippen molar-refractivity contribution in [3.05, 3.63) is 41.1 Å². The highest BCUT2D eigenvalue weighted by Crippen LogP contribution is 2.42. The van der Waals surface area contributed by atoms with Crippen molar-refractivity contribution in [3.8, 4) is 29.7 Å². The lowest BCUT2D eigenvalue weighted by atomic mass is 9.95. The van der Waals surface area contributed by atoms with Crippen LogP contribution in [-0.4, -0.2) is 75.7 Å². The van der Waals surface area contributed by atoms with Crippen LogP contribution in [0.15, 0.2) is 18.2 Å². The standard InChI is InChI=1S/C33H34F2N8O/c1-2-21-22(34)9-8-19-16-24(36)39-29(25(19)21)30-27(35)28-26-23(38-30)7-3-6-20-17-37-12-15-43(20)31(26)41-32(40-28)44-18-33-10-4-13-42(33)14-5-11-33/h1,8-9,16,20,37H,3-7,10-15,17-18H2,(H2,36,39). The van der Waals surface area contributed by atoms with Crippen LogP contribution < -0.4 is 20.7 Å². The number of pyridine rings is 2. The molecule has 3 saturated heterocycles. The first kappa shape index (κ1) is 27.4. The lowest BCUT2D eigenvalue weighted by Gasteiger charge is -2.39. The number of hydrogen-bond acceptors (Lipinski definition) is 9. The minimum Gasteiger partial charge on any atom is -0.461 e. The number of halogens is 2. The van der Waals surface area contributed by atoms with Crippen LogP contribution in [0.3, 0.4) is 0 Å². The van der Waals surface area contributed by atoms with E-state index in [9.17, 15) is 4.39 Å². The monoisotopic (exact) mass is 596 g/mol. The summed E-state index contributed by atoms with van der Waals surface area (Å²) in [4.78, 5) is 23.8. The summed E-state index contributed by atoms with van der Waals surface area (Å²) in [5.41, 5.74) is 6.97. The molecular weight excluding hydrogens is 562 g/mol. The fourth-order valence-electron chi connectivity index (χ4n) is 7.94. The number of nitrogens with one attached hydrogen (secondary N) is 1. The fourth-order valence-corrected chi connectivity index (χ4v) is 7.94. The van der Waals surface area contributed by atoms with Crippen LogP contribution in [0.1, 0.15) is 49.8 Å². The van der Waals surface area contributed by atoms with Gasteiger partial charge in [0.15, 0.2) is 5.82 Å². The summed E-state index contributed by atoms with van der Waals surface area (Å²) < 4.78 is 38.3. The molecule has 4 aliphatic rings. The van der Waals surface area contributed by atoms with E-state index in [4.69, 9.17) is 31.8 Å². The van der Waals surface area contributed by atoms with Crippen molar-refractivity contribution in [2.45, 2.75) is 56.5 Å². The maximum atomic E-state index is 17.0. The zero-order valence-corrected chi connectivity index (χ0v) is 24.5. The Morgan fingerprint density at radius 3 is 2.70 bits per heavy atom. The quantitative estimate of drug-likeness (QED) is 0.336. The molecule has 7 heterocycles. The largest absolute Gasteiger partial charge is 0.461 e. The molecule has 0 saturated carbocycles. The maximum absolute atomic E-state index is 17.0. The Labute approximate surface area is 254 Å². The molecular formula is C33H34F2N8O. The molecule has 1 unspecified atom stereocenters. The molecule has 0 bridgehead atoms. The summed E-state index contributed by atoms with van der Waals surface area (Å²) in [6.07, 6.45) is 12.5. The van der Waals surface area contributed by atoms with E-state index in [0.717, 1.165) is 71.2 Å². The van der Waals surface area contributed by atoms with Gasteiger partial charge in [0.1, 0.15) is 41.0 Å². The van der Waals surface area contributed by atoms with Crippen LogP contribution in [0.2, 0.25) is 0 Å². The van der Waals surface area contributed by atoms with Gasteiger partial charge in [0.05, 0.1) is 22.2 Å². The first-order valence-electron chi connectivity index (χ1n) is 15.6. The molecule has 8 rings (SSSR count). The van der Waals surface area contributed by atoms with Gasteiger partial charge in [-0.3, -0.25) is 4.90 Å². The van der Waals surface area contributed by atoms with Crippen molar-refractivity contribution >= 4 is 33.3 Å². The Bertz CT molecular complexity index is 1850. The van der Waals surface area contributed by atoms with Crippen LogP contribution in [0.25, 0.3) is 33.1 Å². The molecule has 3 aromatic heterocycles. The van der Waals surface area contributed by atoms with E-state index in [1.807, 2.05) is 0 Å². The van der Waals surface area contributed by atoms with E-state index in [0.29, 0.717) is 40.7 Å². The Morgan fingerprint density at radius 1 is 1.05 bits per heavy atom. The van der Waals surface area contributed by atoms with Crippen LogP contribution in [0, 0.1) is 24.0 Å². The van der Waals surface area contributed by atoms with Crippen molar-refractivity contribution in [1.29, 1.82) is 0 Å². The summed E-state index contributed by atoms with van der Waals surface area (Å²) in [5.74, 6) is 1.95. The number of anilines is 2. The second kappa shape index (κ2) is 10.5. The van der Waals surface area contributed by atoms with Gasteiger partial charge >= 0.3 is 6.01 Å². The Kier molecular flexibility index (Phi) is 6.54. The molecule has 44 heavy (non-hydrogen) atoms. The average molecular weight is 597 g/mol. The van der Waals surface area contributed by atoms with E-state index in [2.05, 4.69) is 26.0 Å². The number of nitrogen functional groups attached to an aromatic ring is 1. The van der Waals surface area contributed by atoms with Crippen LogP contribution in [0.5, 0.6) is 6.01 Å². The van der Waals surface area contributed by atoms with Crippen molar-refractivity contribution in [2.75, 3.05) is 50.0 Å². The van der Waals surface area contributed by atoms with Gasteiger partial charge in [0.2, 0.25) is 0 Å². The topological polar surface area (TPSA) is 105 Å². The Hall–Kier alpha value is -4.14. The molecule has 226 valence electrons. The van der Waals surface area contributed by atoms with Crippen molar-refractivity contribution in [2.24, 2.45) is 0 Å². The van der Waals surface area contributed by atoms with Gasteiger partial charge in [-0.2, -0.15) is 9.97 Å². The Morgan fingerprint density at radius 2 is 1.89 bits per heavy atom. The number of fused-ring (bicyclic) bond motifs is 4. The number of nitrogens with zero attached hydrogens (tertiary/aromatic N) is 6. The van der Waals surface area contributed by atoms with E-state index in [1.165, 1.54) is 6.07 Å². The lowest BCUT2D eigenvalue weighted by Crippen LogP contribution is -2.52. The molecule has 0 spiro atoms. The third-order valence-electron chi connectivity index (χ3n) is 10.0. The van der Waals surface area contributed by atoms with Gasteiger partial charge in [-0.1, -0.05) is 12.0 Å². The van der Waals surface area contributed by atoms with Gasteiger partial charge < -0.3 is 20.7 Å². The van der Waals surface area contributed by atoms with Gasteiger partial charge in [-0.05, 0) is 75.6 Å². The highest BCUT2D eigenvalue weighted by atomic mass is 19.1. The first-order chi connectivity index (χ1) is 21.5. The van der Waals surface area contributed by atoms with Crippen molar-refractivity contribution in [1.82, 2.24) is 30.2 Å². The molecule has 9 nitrogen and oxygen atoms in total. The number of piperazine rings is 1. The van der Waals surface area contributed by atoms with Crippen LogP contribution in [0.4, 0.5) is 20.4 Å². The second-order valence-corrected chi connectivity index (χ2v) is 12.5. The van der Waals surface area contributed by atoms with E-state index < -0.39 is 11.6 Å². The van der Waals surface area contributed by atoms with Crippen molar-refractivity contribution < 1.29 is 13.5 Å². The van der Waals surface area contributed by atoms with Gasteiger partial charge in [0.25, 0.3) is 0 Å². The minimum absolute atomic E-state index is 0.0121. The summed E-state index contributed by atoms with van der Waals surface area (Å²) in [6.45, 7) is 4.95. The molecule has 1 atom stereocenters. The molecule has 4 aliphatic heterocycles. The molecule has 11 heteroatoms. The normalized spacial score (nSPS) is 21.1. The molecule has 3 N–H and O–H groups in total. The van der Waals surface area contributed by atoms with Crippen LogP contribution in [-0.2, 0) is 6.42 Å². The highest BCUT2D eigenvalue weighted by Gasteiger charge is 2.45. The summed E-state index contributed by atoms with van der Waals surface area (Å²) in [6, 6.07) is 4.82. The average Bonchev–Trinajstić information content (AvgIpc) is 3.61. The fraction of sp³-hybridized carbons (Fsp3) is 0.455. The second-order valence-electron chi connectivity index (χ2n) is 12.5. The van der Waals surface area contributed by atoms with E-state index in [-0.39, 0.29) is 45.9 Å². The first-order valence-corrected chi connectivity index (χ1v) is 15.6.